The molecule has 0 aliphatic heterocycles. The van der Waals surface area contributed by atoms with Gasteiger partial charge in [0.25, 0.3) is 0 Å². The fraction of sp³-hybridized carbons (Fsp3) is 0.148. The molecule has 5 heteroatoms. The van der Waals surface area contributed by atoms with Gasteiger partial charge in [-0.1, -0.05) is 73.8 Å². The summed E-state index contributed by atoms with van der Waals surface area (Å²) >= 11 is 3.52. The average molecular weight is 461 g/mol. The lowest BCUT2D eigenvalue weighted by molar-refractivity contribution is 0.413. The van der Waals surface area contributed by atoms with Crippen LogP contribution in [0.15, 0.2) is 117 Å². The van der Waals surface area contributed by atoms with Gasteiger partial charge in [0, 0.05) is 32.3 Å². The van der Waals surface area contributed by atoms with Gasteiger partial charge in [-0.05, 0) is 60.2 Å². The Morgan fingerprint density at radius 3 is 2.12 bits per heavy atom. The van der Waals surface area contributed by atoms with Gasteiger partial charge < -0.3 is 10.1 Å². The summed E-state index contributed by atoms with van der Waals surface area (Å²) in [5.74, 6) is 1.76. The Balaban J connectivity index is 0.00000141. The highest BCUT2D eigenvalue weighted by Crippen LogP contribution is 2.40. The molecule has 3 nitrogen and oxygen atoms in total. The van der Waals surface area contributed by atoms with Crippen LogP contribution in [0.1, 0.15) is 19.4 Å². The summed E-state index contributed by atoms with van der Waals surface area (Å²) in [6.07, 6.45) is 1.79. The van der Waals surface area contributed by atoms with Gasteiger partial charge in [0.15, 0.2) is 0 Å². The molecule has 0 radical (unpaired) electrons. The van der Waals surface area contributed by atoms with Crippen molar-refractivity contribution < 1.29 is 4.74 Å². The van der Waals surface area contributed by atoms with Gasteiger partial charge in [-0.15, -0.1) is 0 Å². The van der Waals surface area contributed by atoms with Crippen LogP contribution in [0, 0.1) is 0 Å². The second kappa shape index (κ2) is 12.8. The Kier molecular flexibility index (Phi) is 9.54. The Bertz CT molecular complexity index is 1070. The molecule has 0 spiro atoms. The molecule has 4 rings (SSSR count). The zero-order valence-electron chi connectivity index (χ0n) is 18.6. The van der Waals surface area contributed by atoms with E-state index in [1.807, 2.05) is 44.2 Å². The van der Waals surface area contributed by atoms with Crippen molar-refractivity contribution in [3.05, 3.63) is 103 Å². The summed E-state index contributed by atoms with van der Waals surface area (Å²) in [6, 6.07) is 31.2. The van der Waals surface area contributed by atoms with Gasteiger partial charge in [0.05, 0.1) is 7.11 Å². The van der Waals surface area contributed by atoms with E-state index in [1.54, 1.807) is 36.8 Å². The first kappa shape index (κ1) is 23.8. The van der Waals surface area contributed by atoms with E-state index in [9.17, 15) is 0 Å². The van der Waals surface area contributed by atoms with E-state index >= 15 is 0 Å². The van der Waals surface area contributed by atoms with E-state index < -0.39 is 0 Å². The number of hydrogen-bond donors (Lipinski definition) is 1. The van der Waals surface area contributed by atoms with Gasteiger partial charge in [0.1, 0.15) is 11.6 Å². The number of aromatic nitrogens is 1. The summed E-state index contributed by atoms with van der Waals surface area (Å²) in [7, 11) is 1.71. The zero-order chi connectivity index (χ0) is 22.6. The number of pyridine rings is 1. The van der Waals surface area contributed by atoms with E-state index in [1.165, 1.54) is 25.1 Å². The van der Waals surface area contributed by atoms with Crippen molar-refractivity contribution in [2.45, 2.75) is 40.0 Å². The third-order valence-electron chi connectivity index (χ3n) is 4.41. The first-order chi connectivity index (χ1) is 15.8. The van der Waals surface area contributed by atoms with Crippen LogP contribution in [0.3, 0.4) is 0 Å². The van der Waals surface area contributed by atoms with Crippen LogP contribution in [0.2, 0.25) is 0 Å². The molecule has 1 aromatic heterocycles. The minimum Gasteiger partial charge on any atom is -0.497 e. The maximum absolute atomic E-state index is 5.44. The first-order valence-corrected chi connectivity index (χ1v) is 12.3. The molecule has 0 aliphatic rings. The van der Waals surface area contributed by atoms with E-state index in [4.69, 9.17) is 4.74 Å². The van der Waals surface area contributed by atoms with Crippen LogP contribution in [0.4, 0.5) is 5.82 Å². The molecule has 1 N–H and O–H groups in total. The predicted molar refractivity (Wildman–Crippen MR) is 137 cm³/mol. The molecular weight excluding hydrogens is 432 g/mol. The number of ether oxygens (including phenoxy) is 1. The molecule has 0 atom stereocenters. The SMILES string of the molecule is CC.COc1ccc(Sc2ccc(CNc3ccccn3)cc2)c(Sc2ccccc2)c1. The van der Waals surface area contributed by atoms with E-state index in [-0.39, 0.29) is 0 Å². The van der Waals surface area contributed by atoms with Crippen molar-refractivity contribution in [2.75, 3.05) is 12.4 Å². The highest BCUT2D eigenvalue weighted by atomic mass is 32.2. The molecule has 32 heavy (non-hydrogen) atoms. The summed E-state index contributed by atoms with van der Waals surface area (Å²) in [5, 5.41) is 3.34. The third kappa shape index (κ3) is 7.08. The molecule has 164 valence electrons. The minimum atomic E-state index is 0.750. The van der Waals surface area contributed by atoms with E-state index in [0.29, 0.717) is 0 Å². The molecule has 1 heterocycles. The van der Waals surface area contributed by atoms with Crippen molar-refractivity contribution in [2.24, 2.45) is 0 Å². The first-order valence-electron chi connectivity index (χ1n) is 10.6. The number of benzene rings is 3. The number of nitrogens with one attached hydrogen (secondary N) is 1. The standard InChI is InChI=1S/C25H22N2OS2.C2H6/c1-28-20-12-15-23(24(17-20)30-21-7-3-2-4-8-21)29-22-13-10-19(11-14-22)18-27-25-9-5-6-16-26-25;1-2/h2-17H,18H2,1H3,(H,26,27);1-2H3. The zero-order valence-corrected chi connectivity index (χ0v) is 20.2. The van der Waals surface area contributed by atoms with Gasteiger partial charge in [-0.25, -0.2) is 4.98 Å². The van der Waals surface area contributed by atoms with Crippen molar-refractivity contribution in [1.29, 1.82) is 0 Å². The fourth-order valence-corrected chi connectivity index (χ4v) is 4.82. The molecular formula is C27H28N2OS2. The smallest absolute Gasteiger partial charge is 0.126 e. The van der Waals surface area contributed by atoms with Crippen molar-refractivity contribution >= 4 is 29.3 Å². The van der Waals surface area contributed by atoms with Crippen molar-refractivity contribution in [1.82, 2.24) is 4.98 Å². The Morgan fingerprint density at radius 1 is 0.750 bits per heavy atom. The lowest BCUT2D eigenvalue weighted by Gasteiger charge is -2.12. The molecule has 0 saturated carbocycles. The maximum atomic E-state index is 5.44. The Hall–Kier alpha value is -2.89. The number of anilines is 1. The maximum Gasteiger partial charge on any atom is 0.126 e. The molecule has 3 aromatic carbocycles. The molecule has 0 saturated heterocycles. The summed E-state index contributed by atoms with van der Waals surface area (Å²) in [5.41, 5.74) is 1.22. The largest absolute Gasteiger partial charge is 0.497 e. The molecule has 0 unspecified atom stereocenters. The van der Waals surface area contributed by atoms with Gasteiger partial charge in [-0.3, -0.25) is 0 Å². The van der Waals surface area contributed by atoms with E-state index in [0.717, 1.165) is 18.1 Å². The van der Waals surface area contributed by atoms with Gasteiger partial charge in [-0.2, -0.15) is 0 Å². The molecule has 0 aliphatic carbocycles. The average Bonchev–Trinajstić information content (AvgIpc) is 2.87. The highest BCUT2D eigenvalue weighted by Gasteiger charge is 2.09. The molecule has 0 bridgehead atoms. The lowest BCUT2D eigenvalue weighted by Crippen LogP contribution is -2.00. The topological polar surface area (TPSA) is 34.1 Å². The summed E-state index contributed by atoms with van der Waals surface area (Å²) in [6.45, 7) is 4.75. The van der Waals surface area contributed by atoms with Crippen molar-refractivity contribution in [3.8, 4) is 5.75 Å². The van der Waals surface area contributed by atoms with Crippen LogP contribution in [0.5, 0.6) is 5.75 Å². The molecule has 0 fully saturated rings. The van der Waals surface area contributed by atoms with Crippen LogP contribution < -0.4 is 10.1 Å². The van der Waals surface area contributed by atoms with Crippen molar-refractivity contribution in [3.63, 3.8) is 0 Å². The quantitative estimate of drug-likeness (QED) is 0.288. The second-order valence-corrected chi connectivity index (χ2v) is 8.77. The second-order valence-electron chi connectivity index (χ2n) is 6.54. The predicted octanol–water partition coefficient (Wildman–Crippen LogP) is 8.03. The van der Waals surface area contributed by atoms with Crippen LogP contribution in [0.25, 0.3) is 0 Å². The fourth-order valence-electron chi connectivity index (χ4n) is 2.86. The highest BCUT2D eigenvalue weighted by molar-refractivity contribution is 8.02. The van der Waals surface area contributed by atoms with Crippen LogP contribution in [-0.2, 0) is 6.54 Å². The molecule has 4 aromatic rings. The Morgan fingerprint density at radius 2 is 1.44 bits per heavy atom. The third-order valence-corrected chi connectivity index (χ3v) is 6.69. The van der Waals surface area contributed by atoms with Crippen LogP contribution in [-0.4, -0.2) is 12.1 Å². The van der Waals surface area contributed by atoms with Crippen LogP contribution >= 0.6 is 23.5 Å². The van der Waals surface area contributed by atoms with Gasteiger partial charge in [0.2, 0.25) is 0 Å². The lowest BCUT2D eigenvalue weighted by atomic mass is 10.2. The normalized spacial score (nSPS) is 10.1. The summed E-state index contributed by atoms with van der Waals surface area (Å²) in [4.78, 5) is 9.11. The number of nitrogens with zero attached hydrogens (tertiary/aromatic N) is 1. The minimum absolute atomic E-state index is 0.750. The number of rotatable bonds is 8. The monoisotopic (exact) mass is 460 g/mol. The number of methoxy groups -OCH3 is 1. The molecule has 0 amide bonds. The number of hydrogen-bond acceptors (Lipinski definition) is 5. The summed E-state index contributed by atoms with van der Waals surface area (Å²) < 4.78 is 5.44. The Labute approximate surface area is 199 Å². The van der Waals surface area contributed by atoms with E-state index in [2.05, 4.69) is 71.0 Å². The van der Waals surface area contributed by atoms with Gasteiger partial charge >= 0.3 is 0 Å².